The predicted molar refractivity (Wildman–Crippen MR) is 75.5 cm³/mol. The van der Waals surface area contributed by atoms with E-state index in [4.69, 9.17) is 10.00 Å². The van der Waals surface area contributed by atoms with E-state index in [1.54, 1.807) is 19.2 Å². The van der Waals surface area contributed by atoms with Gasteiger partial charge in [0.05, 0.1) is 25.3 Å². The van der Waals surface area contributed by atoms with Gasteiger partial charge in [-0.15, -0.1) is 0 Å². The highest BCUT2D eigenvalue weighted by Crippen LogP contribution is 2.18. The predicted octanol–water partition coefficient (Wildman–Crippen LogP) is 1.41. The van der Waals surface area contributed by atoms with Crippen molar-refractivity contribution < 1.29 is 9.53 Å². The molecule has 0 radical (unpaired) electrons. The summed E-state index contributed by atoms with van der Waals surface area (Å²) < 4.78 is 5.20. The fraction of sp³-hybridized carbons (Fsp3) is 0.467. The van der Waals surface area contributed by atoms with E-state index in [0.717, 1.165) is 25.9 Å². The maximum atomic E-state index is 12.2. The average Bonchev–Trinajstić information content (AvgIpc) is 2.49. The van der Waals surface area contributed by atoms with Gasteiger partial charge in [0.2, 0.25) is 0 Å². The van der Waals surface area contributed by atoms with Gasteiger partial charge in [0.15, 0.2) is 0 Å². The van der Waals surface area contributed by atoms with Crippen molar-refractivity contribution in [2.45, 2.75) is 18.9 Å². The van der Waals surface area contributed by atoms with Crippen molar-refractivity contribution in [3.05, 3.63) is 29.8 Å². The molecule has 1 aromatic carbocycles. The average molecular weight is 273 g/mol. The van der Waals surface area contributed by atoms with Crippen LogP contribution in [0.25, 0.3) is 0 Å². The molecular formula is C15H19N3O2. The Hall–Kier alpha value is -2.06. The molecule has 1 saturated heterocycles. The molecule has 1 fully saturated rings. The molecule has 0 bridgehead atoms. The smallest absolute Gasteiger partial charge is 0.255 e. The Balaban J connectivity index is 1.91. The van der Waals surface area contributed by atoms with E-state index >= 15 is 0 Å². The van der Waals surface area contributed by atoms with Crippen LogP contribution < -0.4 is 10.1 Å². The minimum absolute atomic E-state index is 0.0961. The second kappa shape index (κ2) is 6.92. The summed E-state index contributed by atoms with van der Waals surface area (Å²) >= 11 is 0. The fourth-order valence-electron chi connectivity index (χ4n) is 2.43. The number of methoxy groups -OCH3 is 1. The monoisotopic (exact) mass is 273 g/mol. The topological polar surface area (TPSA) is 65.4 Å². The molecule has 0 spiro atoms. The van der Waals surface area contributed by atoms with Crippen LogP contribution >= 0.6 is 0 Å². The number of benzene rings is 1. The lowest BCUT2D eigenvalue weighted by molar-refractivity contribution is 0.0911. The molecule has 5 heteroatoms. The number of para-hydroxylation sites is 1. The van der Waals surface area contributed by atoms with E-state index < -0.39 is 0 Å². The summed E-state index contributed by atoms with van der Waals surface area (Å²) in [4.78, 5) is 14.3. The summed E-state index contributed by atoms with van der Waals surface area (Å²) in [6.45, 7) is 2.17. The van der Waals surface area contributed by atoms with E-state index in [1.807, 2.05) is 12.1 Å². The van der Waals surface area contributed by atoms with Crippen LogP contribution in [-0.2, 0) is 0 Å². The second-order valence-corrected chi connectivity index (χ2v) is 4.88. The van der Waals surface area contributed by atoms with Gasteiger partial charge < -0.3 is 10.1 Å². The molecule has 20 heavy (non-hydrogen) atoms. The summed E-state index contributed by atoms with van der Waals surface area (Å²) in [6.07, 6.45) is 1.76. The molecule has 5 nitrogen and oxygen atoms in total. The Morgan fingerprint density at radius 2 is 2.15 bits per heavy atom. The van der Waals surface area contributed by atoms with Crippen molar-refractivity contribution in [1.29, 1.82) is 5.26 Å². The van der Waals surface area contributed by atoms with Crippen molar-refractivity contribution in [1.82, 2.24) is 10.2 Å². The molecule has 1 aromatic rings. The number of nitrogens with zero attached hydrogens (tertiary/aromatic N) is 2. The number of piperidine rings is 1. The zero-order valence-corrected chi connectivity index (χ0v) is 11.6. The van der Waals surface area contributed by atoms with E-state index in [1.165, 1.54) is 0 Å². The quantitative estimate of drug-likeness (QED) is 0.842. The van der Waals surface area contributed by atoms with Gasteiger partial charge in [-0.05, 0) is 25.0 Å². The number of carbonyl (C=O) groups excluding carboxylic acids is 1. The zero-order chi connectivity index (χ0) is 14.4. The first kappa shape index (κ1) is 14.4. The molecule has 0 saturated carbocycles. The van der Waals surface area contributed by atoms with Crippen LogP contribution in [0, 0.1) is 11.3 Å². The molecule has 2 rings (SSSR count). The highest BCUT2D eigenvalue weighted by atomic mass is 16.5. The van der Waals surface area contributed by atoms with Gasteiger partial charge in [0.1, 0.15) is 5.75 Å². The molecule has 1 heterocycles. The van der Waals surface area contributed by atoms with Gasteiger partial charge >= 0.3 is 0 Å². The van der Waals surface area contributed by atoms with Crippen LogP contribution in [0.4, 0.5) is 0 Å². The molecule has 0 aromatic heterocycles. The van der Waals surface area contributed by atoms with Crippen LogP contribution in [-0.4, -0.2) is 43.6 Å². The number of nitrogens with one attached hydrogen (secondary N) is 1. The second-order valence-electron chi connectivity index (χ2n) is 4.88. The third-order valence-corrected chi connectivity index (χ3v) is 3.57. The highest BCUT2D eigenvalue weighted by molar-refractivity contribution is 5.97. The molecule has 106 valence electrons. The molecule has 1 aliphatic heterocycles. The summed E-state index contributed by atoms with van der Waals surface area (Å²) in [5.41, 5.74) is 0.564. The van der Waals surface area contributed by atoms with Gasteiger partial charge in [-0.1, -0.05) is 12.1 Å². The number of amides is 1. The Bertz CT molecular complexity index is 502. The van der Waals surface area contributed by atoms with Crippen molar-refractivity contribution in [3.63, 3.8) is 0 Å². The van der Waals surface area contributed by atoms with Gasteiger partial charge in [-0.2, -0.15) is 5.26 Å². The number of ether oxygens (including phenoxy) is 1. The van der Waals surface area contributed by atoms with E-state index in [9.17, 15) is 4.79 Å². The Morgan fingerprint density at radius 3 is 2.80 bits per heavy atom. The summed E-state index contributed by atoms with van der Waals surface area (Å²) in [5.74, 6) is 0.494. The van der Waals surface area contributed by atoms with Crippen molar-refractivity contribution in [2.75, 3.05) is 26.7 Å². The van der Waals surface area contributed by atoms with Crippen LogP contribution in [0.1, 0.15) is 23.2 Å². The third kappa shape index (κ3) is 3.49. The zero-order valence-electron chi connectivity index (χ0n) is 11.6. The lowest BCUT2D eigenvalue weighted by Crippen LogP contribution is -2.44. The Kier molecular flexibility index (Phi) is 4.97. The molecule has 1 amide bonds. The van der Waals surface area contributed by atoms with Crippen LogP contribution in [0.5, 0.6) is 5.75 Å². The lowest BCUT2D eigenvalue weighted by atomic mass is 10.0. The first-order valence-electron chi connectivity index (χ1n) is 6.77. The SMILES string of the molecule is COc1ccccc1C(=O)NC1CCN(CC#N)CC1. The number of likely N-dealkylation sites (tertiary alicyclic amines) is 1. The van der Waals surface area contributed by atoms with Crippen molar-refractivity contribution in [2.24, 2.45) is 0 Å². The van der Waals surface area contributed by atoms with Crippen LogP contribution in [0.15, 0.2) is 24.3 Å². The standard InChI is InChI=1S/C15H19N3O2/c1-20-14-5-3-2-4-13(14)15(19)17-12-6-9-18(10-7-12)11-8-16/h2-5,12H,6-7,9-11H2,1H3,(H,17,19). The van der Waals surface area contributed by atoms with E-state index in [2.05, 4.69) is 16.3 Å². The molecule has 0 unspecified atom stereocenters. The van der Waals surface area contributed by atoms with Gasteiger partial charge in [-0.3, -0.25) is 9.69 Å². The fourth-order valence-corrected chi connectivity index (χ4v) is 2.43. The summed E-state index contributed by atoms with van der Waals surface area (Å²) in [7, 11) is 1.56. The number of carbonyl (C=O) groups is 1. The van der Waals surface area contributed by atoms with Crippen LogP contribution in [0.2, 0.25) is 0 Å². The molecule has 1 aliphatic rings. The number of rotatable bonds is 4. The van der Waals surface area contributed by atoms with Gasteiger partial charge in [0, 0.05) is 19.1 Å². The summed E-state index contributed by atoms with van der Waals surface area (Å²) in [6, 6.07) is 9.54. The normalized spacial score (nSPS) is 16.4. The Morgan fingerprint density at radius 1 is 1.45 bits per heavy atom. The number of nitriles is 1. The highest BCUT2D eigenvalue weighted by Gasteiger charge is 2.21. The van der Waals surface area contributed by atoms with E-state index in [0.29, 0.717) is 17.9 Å². The largest absolute Gasteiger partial charge is 0.496 e. The molecule has 1 N–H and O–H groups in total. The first-order valence-corrected chi connectivity index (χ1v) is 6.77. The maximum Gasteiger partial charge on any atom is 0.255 e. The number of hydrogen-bond donors (Lipinski definition) is 1. The molecule has 0 aliphatic carbocycles. The van der Waals surface area contributed by atoms with Crippen LogP contribution in [0.3, 0.4) is 0 Å². The first-order chi connectivity index (χ1) is 9.74. The minimum atomic E-state index is -0.0961. The maximum absolute atomic E-state index is 12.2. The van der Waals surface area contributed by atoms with Crippen molar-refractivity contribution >= 4 is 5.91 Å². The minimum Gasteiger partial charge on any atom is -0.496 e. The Labute approximate surface area is 119 Å². The van der Waals surface area contributed by atoms with Gasteiger partial charge in [0.25, 0.3) is 5.91 Å². The van der Waals surface area contributed by atoms with Gasteiger partial charge in [-0.25, -0.2) is 0 Å². The molecular weight excluding hydrogens is 254 g/mol. The van der Waals surface area contributed by atoms with E-state index in [-0.39, 0.29) is 11.9 Å². The lowest BCUT2D eigenvalue weighted by Gasteiger charge is -2.30. The van der Waals surface area contributed by atoms with Crippen molar-refractivity contribution in [3.8, 4) is 11.8 Å². The summed E-state index contributed by atoms with van der Waals surface area (Å²) in [5, 5.41) is 11.7. The molecule has 0 atom stereocenters. The number of hydrogen-bond acceptors (Lipinski definition) is 4. The third-order valence-electron chi connectivity index (χ3n) is 3.57.